The van der Waals surface area contributed by atoms with Gasteiger partial charge in [0, 0.05) is 23.8 Å². The van der Waals surface area contributed by atoms with Crippen molar-refractivity contribution >= 4 is 5.69 Å². The van der Waals surface area contributed by atoms with E-state index in [1.54, 1.807) is 0 Å². The number of alkyl halides is 3. The van der Waals surface area contributed by atoms with Crippen LogP contribution in [0.5, 0.6) is 0 Å². The van der Waals surface area contributed by atoms with E-state index in [4.69, 9.17) is 0 Å². The number of aryl methyl sites for hydroxylation is 1. The molecule has 0 spiro atoms. The van der Waals surface area contributed by atoms with Crippen LogP contribution >= 0.6 is 0 Å². The van der Waals surface area contributed by atoms with E-state index in [1.165, 1.54) is 42.3 Å². The smallest absolute Gasteiger partial charge is 0.381 e. The van der Waals surface area contributed by atoms with Gasteiger partial charge >= 0.3 is 6.18 Å². The molecule has 2 heterocycles. The number of rotatable bonds is 3. The summed E-state index contributed by atoms with van der Waals surface area (Å²) in [5.41, 5.74) is 2.84. The second kappa shape index (κ2) is 6.63. The molecule has 4 rings (SSSR count). The van der Waals surface area contributed by atoms with Gasteiger partial charge in [-0.25, -0.2) is 0 Å². The maximum absolute atomic E-state index is 13.0. The van der Waals surface area contributed by atoms with Crippen LogP contribution in [0.15, 0.2) is 24.3 Å². The van der Waals surface area contributed by atoms with Gasteiger partial charge in [-0.15, -0.1) is 0 Å². The number of fused-ring (bicyclic) bond motifs is 1. The third-order valence-electron chi connectivity index (χ3n) is 5.77. The maximum atomic E-state index is 13.0. The molecule has 1 fully saturated rings. The first-order valence-corrected chi connectivity index (χ1v) is 9.50. The number of hydrogen-bond acceptors (Lipinski definition) is 2. The van der Waals surface area contributed by atoms with Gasteiger partial charge in [0.05, 0.1) is 5.69 Å². The van der Waals surface area contributed by atoms with E-state index in [1.807, 2.05) is 25.1 Å². The number of nitrogens with one attached hydrogen (secondary N) is 1. The first-order valence-electron chi connectivity index (χ1n) is 9.50. The highest BCUT2D eigenvalue weighted by Crippen LogP contribution is 2.38. The van der Waals surface area contributed by atoms with Crippen molar-refractivity contribution in [3.05, 3.63) is 35.5 Å². The van der Waals surface area contributed by atoms with Gasteiger partial charge in [-0.2, -0.15) is 18.3 Å². The molecular formula is C20H24F3N3. The summed E-state index contributed by atoms with van der Waals surface area (Å²) >= 11 is 0. The highest BCUT2D eigenvalue weighted by molar-refractivity contribution is 5.69. The minimum Gasteiger partial charge on any atom is -0.381 e. The summed E-state index contributed by atoms with van der Waals surface area (Å²) in [5.74, 6) is 0.706. The van der Waals surface area contributed by atoms with Gasteiger partial charge < -0.3 is 5.32 Å². The van der Waals surface area contributed by atoms with Crippen molar-refractivity contribution in [3.63, 3.8) is 0 Å². The van der Waals surface area contributed by atoms with Crippen molar-refractivity contribution in [2.45, 2.75) is 64.2 Å². The zero-order valence-electron chi connectivity index (χ0n) is 14.9. The Labute approximate surface area is 151 Å². The van der Waals surface area contributed by atoms with Crippen LogP contribution < -0.4 is 5.32 Å². The summed E-state index contributed by atoms with van der Waals surface area (Å²) in [4.78, 5) is 0. The third kappa shape index (κ3) is 3.21. The van der Waals surface area contributed by atoms with E-state index in [0.29, 0.717) is 24.2 Å². The summed E-state index contributed by atoms with van der Waals surface area (Å²) in [5, 5.41) is 7.37. The van der Waals surface area contributed by atoms with Crippen LogP contribution in [0.3, 0.4) is 0 Å². The lowest BCUT2D eigenvalue weighted by atomic mass is 9.83. The SMILES string of the molecule is CCn1nc(C(F)(F)F)cc1-c1ccc2c(c1)CC(C1CCCCC1)N2. The second-order valence-corrected chi connectivity index (χ2v) is 7.45. The molecule has 1 aliphatic carbocycles. The van der Waals surface area contributed by atoms with E-state index in [-0.39, 0.29) is 0 Å². The Kier molecular flexibility index (Phi) is 4.45. The van der Waals surface area contributed by atoms with Gasteiger partial charge in [-0.1, -0.05) is 25.3 Å². The Bertz CT molecular complexity index is 788. The molecular weight excluding hydrogens is 339 g/mol. The number of nitrogens with zero attached hydrogens (tertiary/aromatic N) is 2. The van der Waals surface area contributed by atoms with Crippen LogP contribution in [0.2, 0.25) is 0 Å². The van der Waals surface area contributed by atoms with Crippen molar-refractivity contribution in [3.8, 4) is 11.3 Å². The van der Waals surface area contributed by atoms with E-state index >= 15 is 0 Å². The van der Waals surface area contributed by atoms with Crippen LogP contribution in [-0.2, 0) is 19.1 Å². The lowest BCUT2D eigenvalue weighted by molar-refractivity contribution is -0.141. The Morgan fingerprint density at radius 2 is 1.92 bits per heavy atom. The Morgan fingerprint density at radius 3 is 2.62 bits per heavy atom. The first-order chi connectivity index (χ1) is 12.5. The molecule has 1 aromatic carbocycles. The number of halogens is 3. The van der Waals surface area contributed by atoms with Gasteiger partial charge in [0.1, 0.15) is 0 Å². The summed E-state index contributed by atoms with van der Waals surface area (Å²) in [6, 6.07) is 7.56. The van der Waals surface area contributed by atoms with Crippen molar-refractivity contribution in [2.75, 3.05) is 5.32 Å². The van der Waals surface area contributed by atoms with Crippen LogP contribution in [0.4, 0.5) is 18.9 Å². The number of hydrogen-bond donors (Lipinski definition) is 1. The average Bonchev–Trinajstić information content (AvgIpc) is 3.25. The van der Waals surface area contributed by atoms with E-state index < -0.39 is 11.9 Å². The molecule has 0 radical (unpaired) electrons. The predicted octanol–water partition coefficient (Wildman–Crippen LogP) is 5.51. The molecule has 1 N–H and O–H groups in total. The van der Waals surface area contributed by atoms with Crippen LogP contribution in [0.25, 0.3) is 11.3 Å². The average molecular weight is 363 g/mol. The number of benzene rings is 1. The molecule has 1 atom stereocenters. The van der Waals surface area contributed by atoms with Gasteiger partial charge in [-0.05, 0) is 55.9 Å². The molecule has 6 heteroatoms. The lowest BCUT2D eigenvalue weighted by Crippen LogP contribution is -2.28. The van der Waals surface area contributed by atoms with Gasteiger partial charge in [0.25, 0.3) is 0 Å². The molecule has 0 saturated heterocycles. The molecule has 1 aromatic heterocycles. The summed E-state index contributed by atoms with van der Waals surface area (Å²) in [6.45, 7) is 2.22. The highest BCUT2D eigenvalue weighted by atomic mass is 19.4. The minimum absolute atomic E-state index is 0.408. The largest absolute Gasteiger partial charge is 0.435 e. The fraction of sp³-hybridized carbons (Fsp3) is 0.550. The topological polar surface area (TPSA) is 29.9 Å². The van der Waals surface area contributed by atoms with Crippen molar-refractivity contribution in [2.24, 2.45) is 5.92 Å². The van der Waals surface area contributed by atoms with E-state index in [9.17, 15) is 13.2 Å². The quantitative estimate of drug-likeness (QED) is 0.780. The molecule has 26 heavy (non-hydrogen) atoms. The second-order valence-electron chi connectivity index (χ2n) is 7.45. The Balaban J connectivity index is 1.60. The van der Waals surface area contributed by atoms with Crippen molar-refractivity contribution < 1.29 is 13.2 Å². The molecule has 2 aliphatic rings. The van der Waals surface area contributed by atoms with Gasteiger partial charge in [0.15, 0.2) is 5.69 Å². The summed E-state index contributed by atoms with van der Waals surface area (Å²) in [7, 11) is 0. The molecule has 3 nitrogen and oxygen atoms in total. The monoisotopic (exact) mass is 363 g/mol. The molecule has 1 aliphatic heterocycles. The Morgan fingerprint density at radius 1 is 1.15 bits per heavy atom. The van der Waals surface area contributed by atoms with Crippen LogP contribution in [0, 0.1) is 5.92 Å². The summed E-state index contributed by atoms with van der Waals surface area (Å²) < 4.78 is 40.5. The molecule has 140 valence electrons. The zero-order chi connectivity index (χ0) is 18.3. The zero-order valence-corrected chi connectivity index (χ0v) is 14.9. The summed E-state index contributed by atoms with van der Waals surface area (Å²) in [6.07, 6.45) is 3.04. The lowest BCUT2D eigenvalue weighted by Gasteiger charge is -2.27. The number of anilines is 1. The molecule has 0 bridgehead atoms. The standard InChI is InChI=1S/C20H24F3N3/c1-2-26-18(12-19(25-26)20(21,22)23)14-8-9-16-15(10-14)11-17(24-16)13-6-4-3-5-7-13/h8-10,12-13,17,24H,2-7,11H2,1H3. The van der Waals surface area contributed by atoms with Crippen LogP contribution in [0.1, 0.15) is 50.3 Å². The van der Waals surface area contributed by atoms with Crippen molar-refractivity contribution in [1.29, 1.82) is 0 Å². The fourth-order valence-electron chi connectivity index (χ4n) is 4.40. The normalized spacial score (nSPS) is 20.8. The first kappa shape index (κ1) is 17.4. The van der Waals surface area contributed by atoms with Gasteiger partial charge in [-0.3, -0.25) is 4.68 Å². The predicted molar refractivity (Wildman–Crippen MR) is 96.0 cm³/mol. The molecule has 0 amide bonds. The fourth-order valence-corrected chi connectivity index (χ4v) is 4.40. The molecule has 1 saturated carbocycles. The van der Waals surface area contributed by atoms with E-state index in [0.717, 1.165) is 23.7 Å². The Hall–Kier alpha value is -1.98. The van der Waals surface area contributed by atoms with E-state index in [2.05, 4.69) is 10.4 Å². The van der Waals surface area contributed by atoms with Crippen molar-refractivity contribution in [1.82, 2.24) is 9.78 Å². The van der Waals surface area contributed by atoms with Crippen LogP contribution in [-0.4, -0.2) is 15.8 Å². The third-order valence-corrected chi connectivity index (χ3v) is 5.77. The molecule has 1 unspecified atom stereocenters. The number of aromatic nitrogens is 2. The maximum Gasteiger partial charge on any atom is 0.435 e. The minimum atomic E-state index is -4.42. The van der Waals surface area contributed by atoms with Gasteiger partial charge in [0.2, 0.25) is 0 Å². The highest BCUT2D eigenvalue weighted by Gasteiger charge is 2.35. The molecule has 2 aromatic rings.